The van der Waals surface area contributed by atoms with E-state index < -0.39 is 23.6 Å². The van der Waals surface area contributed by atoms with Crippen LogP contribution in [0.1, 0.15) is 15.9 Å². The molecule has 2 unspecified atom stereocenters. The average Bonchev–Trinajstić information content (AvgIpc) is 2.61. The van der Waals surface area contributed by atoms with Gasteiger partial charge in [-0.2, -0.15) is 0 Å². The number of aliphatic hydroxyl groups excluding tert-OH is 1. The molecule has 0 aliphatic carbocycles. The van der Waals surface area contributed by atoms with Crippen LogP contribution in [0.5, 0.6) is 11.5 Å². The van der Waals surface area contributed by atoms with Crippen molar-refractivity contribution in [1.29, 1.82) is 0 Å². The van der Waals surface area contributed by atoms with E-state index in [1.165, 1.54) is 25.3 Å². The number of carbonyl (C=O) groups excluding carboxylic acids is 2. The van der Waals surface area contributed by atoms with E-state index in [2.05, 4.69) is 0 Å². The lowest BCUT2D eigenvalue weighted by Gasteiger charge is -2.32. The van der Waals surface area contributed by atoms with Gasteiger partial charge in [-0.15, -0.1) is 0 Å². The molecule has 0 saturated carbocycles. The maximum Gasteiger partial charge on any atom is 0.270 e. The number of methoxy groups -OCH3 is 1. The van der Waals surface area contributed by atoms with Gasteiger partial charge in [0.05, 0.1) is 7.11 Å². The Hall–Kier alpha value is -2.97. The van der Waals surface area contributed by atoms with E-state index in [0.29, 0.717) is 6.29 Å². The number of hydrogen-bond acceptors (Lipinski definition) is 6. The first-order valence-electron chi connectivity index (χ1n) is 7.10. The lowest BCUT2D eigenvalue weighted by atomic mass is 9.99. The van der Waals surface area contributed by atoms with Crippen LogP contribution in [0.4, 0.5) is 4.39 Å². The predicted octanol–water partition coefficient (Wildman–Crippen LogP) is 0.717. The van der Waals surface area contributed by atoms with Crippen molar-refractivity contribution in [2.45, 2.75) is 11.9 Å². The predicted molar refractivity (Wildman–Crippen MR) is 84.5 cm³/mol. The van der Waals surface area contributed by atoms with Crippen molar-refractivity contribution >= 4 is 12.2 Å². The molecule has 0 bridgehead atoms. The van der Waals surface area contributed by atoms with Crippen LogP contribution in [-0.4, -0.2) is 35.6 Å². The van der Waals surface area contributed by atoms with Crippen molar-refractivity contribution in [1.82, 2.24) is 0 Å². The zero-order valence-electron chi connectivity index (χ0n) is 13.2. The Balaban J connectivity index is 2.52. The molecule has 0 fully saturated rings. The lowest BCUT2D eigenvalue weighted by Crippen LogP contribution is -2.51. The highest BCUT2D eigenvalue weighted by atomic mass is 19.1. The first-order valence-corrected chi connectivity index (χ1v) is 7.10. The van der Waals surface area contributed by atoms with E-state index >= 15 is 0 Å². The zero-order chi connectivity index (χ0) is 18.6. The summed E-state index contributed by atoms with van der Waals surface area (Å²) in [7, 11) is 1.30. The van der Waals surface area contributed by atoms with Gasteiger partial charge in [0.1, 0.15) is 12.1 Å². The summed E-state index contributed by atoms with van der Waals surface area (Å²) in [4.78, 5) is 22.3. The van der Waals surface area contributed by atoms with Crippen molar-refractivity contribution in [2.24, 2.45) is 5.73 Å². The highest BCUT2D eigenvalue weighted by Crippen LogP contribution is 2.35. The number of ether oxygens (including phenoxy) is 2. The number of rotatable bonds is 7. The minimum atomic E-state index is -2.60. The van der Waals surface area contributed by atoms with Crippen LogP contribution in [0.3, 0.4) is 0 Å². The molecule has 0 heterocycles. The average molecular weight is 349 g/mol. The summed E-state index contributed by atoms with van der Waals surface area (Å²) < 4.78 is 23.6. The molecule has 0 radical (unpaired) electrons. The van der Waals surface area contributed by atoms with Gasteiger partial charge in [-0.3, -0.25) is 9.59 Å². The van der Waals surface area contributed by atoms with Gasteiger partial charge in [-0.05, 0) is 42.5 Å². The number of aldehydes is 1. The van der Waals surface area contributed by atoms with Gasteiger partial charge in [-0.25, -0.2) is 4.39 Å². The molecular weight excluding hydrogens is 333 g/mol. The fourth-order valence-corrected chi connectivity index (χ4v) is 2.16. The van der Waals surface area contributed by atoms with Gasteiger partial charge < -0.3 is 25.4 Å². The monoisotopic (exact) mass is 349 g/mol. The van der Waals surface area contributed by atoms with Gasteiger partial charge in [0.25, 0.3) is 11.7 Å². The van der Waals surface area contributed by atoms with Crippen LogP contribution < -0.4 is 15.2 Å². The zero-order valence-corrected chi connectivity index (χ0v) is 13.2. The first-order chi connectivity index (χ1) is 11.8. The molecule has 132 valence electrons. The second-order valence-electron chi connectivity index (χ2n) is 5.14. The molecule has 4 N–H and O–H groups in total. The largest absolute Gasteiger partial charge is 0.493 e. The standard InChI is InChI=1S/C17H16FNO6/c1-24-14-8-10(9-20)2-7-13(14)25-17(23,15(21)16(19)22)11-3-5-12(18)6-4-11/h2-9,15,21,23H,1H3,(H2,19,22). The van der Waals surface area contributed by atoms with E-state index in [0.717, 1.165) is 24.3 Å². The van der Waals surface area contributed by atoms with E-state index in [1.54, 1.807) is 0 Å². The van der Waals surface area contributed by atoms with E-state index in [9.17, 15) is 24.2 Å². The van der Waals surface area contributed by atoms with E-state index in [1.807, 2.05) is 0 Å². The quantitative estimate of drug-likeness (QED) is 0.500. The number of primary amides is 1. The van der Waals surface area contributed by atoms with E-state index in [-0.39, 0.29) is 22.6 Å². The van der Waals surface area contributed by atoms with Crippen LogP contribution in [0.2, 0.25) is 0 Å². The van der Waals surface area contributed by atoms with Crippen LogP contribution >= 0.6 is 0 Å². The van der Waals surface area contributed by atoms with Crippen molar-refractivity contribution in [2.75, 3.05) is 7.11 Å². The molecule has 25 heavy (non-hydrogen) atoms. The normalized spacial score (nSPS) is 14.2. The van der Waals surface area contributed by atoms with Gasteiger partial charge in [0.2, 0.25) is 6.10 Å². The Kier molecular flexibility index (Phi) is 5.35. The van der Waals surface area contributed by atoms with E-state index in [4.69, 9.17) is 15.2 Å². The summed E-state index contributed by atoms with van der Waals surface area (Å²) in [6, 6.07) is 8.33. The Morgan fingerprint density at radius 1 is 1.24 bits per heavy atom. The van der Waals surface area contributed by atoms with Crippen LogP contribution in [0.25, 0.3) is 0 Å². The van der Waals surface area contributed by atoms with Crippen LogP contribution in [0.15, 0.2) is 42.5 Å². The van der Waals surface area contributed by atoms with Crippen molar-refractivity contribution in [3.05, 3.63) is 59.4 Å². The molecule has 0 saturated heterocycles. The molecule has 0 aromatic heterocycles. The third kappa shape index (κ3) is 3.76. The summed E-state index contributed by atoms with van der Waals surface area (Å²) in [6.45, 7) is 0. The minimum Gasteiger partial charge on any atom is -0.493 e. The number of carbonyl (C=O) groups is 2. The molecule has 0 spiro atoms. The number of hydrogen-bond donors (Lipinski definition) is 3. The molecule has 2 atom stereocenters. The van der Waals surface area contributed by atoms with Gasteiger partial charge in [0.15, 0.2) is 11.5 Å². The second kappa shape index (κ2) is 7.29. The number of halogens is 1. The third-order valence-corrected chi connectivity index (χ3v) is 3.49. The Morgan fingerprint density at radius 3 is 2.40 bits per heavy atom. The first kappa shape index (κ1) is 18.4. The van der Waals surface area contributed by atoms with Crippen LogP contribution in [0, 0.1) is 5.82 Å². The van der Waals surface area contributed by atoms with Gasteiger partial charge in [0, 0.05) is 11.1 Å². The summed E-state index contributed by atoms with van der Waals surface area (Å²) in [5, 5.41) is 20.8. The highest BCUT2D eigenvalue weighted by molar-refractivity contribution is 5.80. The van der Waals surface area contributed by atoms with Crippen LogP contribution in [-0.2, 0) is 10.6 Å². The summed E-state index contributed by atoms with van der Waals surface area (Å²) in [5.74, 6) is -4.44. The molecule has 7 nitrogen and oxygen atoms in total. The minimum absolute atomic E-state index is 0.0692. The fourth-order valence-electron chi connectivity index (χ4n) is 2.16. The summed E-state index contributed by atoms with van der Waals surface area (Å²) in [5.41, 5.74) is 5.25. The van der Waals surface area contributed by atoms with Gasteiger partial charge in [-0.1, -0.05) is 0 Å². The SMILES string of the molecule is COc1cc(C=O)ccc1OC(O)(c1ccc(F)cc1)C(O)C(N)=O. The molecule has 0 aliphatic rings. The maximum absolute atomic E-state index is 13.1. The Bertz CT molecular complexity index is 779. The Labute approximate surface area is 142 Å². The smallest absolute Gasteiger partial charge is 0.270 e. The van der Waals surface area contributed by atoms with Crippen molar-refractivity contribution in [3.63, 3.8) is 0 Å². The lowest BCUT2D eigenvalue weighted by molar-refractivity contribution is -0.213. The van der Waals surface area contributed by atoms with Crippen molar-refractivity contribution in [3.8, 4) is 11.5 Å². The second-order valence-corrected chi connectivity index (χ2v) is 5.14. The molecular formula is C17H16FNO6. The number of benzene rings is 2. The summed E-state index contributed by atoms with van der Waals surface area (Å²) in [6.07, 6.45) is -1.58. The topological polar surface area (TPSA) is 119 Å². The number of amides is 1. The molecule has 8 heteroatoms. The Morgan fingerprint density at radius 2 is 1.88 bits per heavy atom. The molecule has 2 aromatic carbocycles. The molecule has 0 aliphatic heterocycles. The fraction of sp³-hybridized carbons (Fsp3) is 0.176. The molecule has 1 amide bonds. The maximum atomic E-state index is 13.1. The number of aliphatic hydroxyl groups is 2. The number of nitrogens with two attached hydrogens (primary N) is 1. The highest BCUT2D eigenvalue weighted by Gasteiger charge is 2.44. The third-order valence-electron chi connectivity index (χ3n) is 3.49. The van der Waals surface area contributed by atoms with Gasteiger partial charge >= 0.3 is 0 Å². The molecule has 2 aromatic rings. The molecule has 2 rings (SSSR count). The summed E-state index contributed by atoms with van der Waals surface area (Å²) >= 11 is 0. The van der Waals surface area contributed by atoms with Crippen molar-refractivity contribution < 1.29 is 33.7 Å².